The average molecular weight is 337 g/mol. The largest absolute Gasteiger partial charge is 0.378 e. The minimum absolute atomic E-state index is 0.232. The zero-order chi connectivity index (χ0) is 14.7. The summed E-state index contributed by atoms with van der Waals surface area (Å²) in [6, 6.07) is 12.5. The highest BCUT2D eigenvalue weighted by Crippen LogP contribution is 2.30. The number of aromatic nitrogens is 3. The molecule has 1 atom stereocenters. The second-order valence-corrected chi connectivity index (χ2v) is 7.23. The zero-order valence-corrected chi connectivity index (χ0v) is 13.6. The number of rotatable bonds is 5. The van der Waals surface area contributed by atoms with Gasteiger partial charge in [0.25, 0.3) is 0 Å². The van der Waals surface area contributed by atoms with Crippen LogP contribution in [-0.4, -0.2) is 15.2 Å². The van der Waals surface area contributed by atoms with Crippen LogP contribution in [0.2, 0.25) is 4.34 Å². The van der Waals surface area contributed by atoms with Crippen LogP contribution in [0.15, 0.2) is 52.8 Å². The van der Waals surface area contributed by atoms with E-state index in [4.69, 9.17) is 11.6 Å². The fourth-order valence-electron chi connectivity index (χ4n) is 1.86. The molecular formula is C14H13ClN4S2. The van der Waals surface area contributed by atoms with Gasteiger partial charge in [0.15, 0.2) is 5.16 Å². The van der Waals surface area contributed by atoms with E-state index in [0.717, 1.165) is 20.1 Å². The highest BCUT2D eigenvalue weighted by molar-refractivity contribution is 7.99. The smallest absolute Gasteiger partial charge is 0.188 e. The first kappa shape index (κ1) is 14.4. The standard InChI is InChI=1S/C14H13ClN4S2/c1-9(12-6-7-13(15)21-12)18-10-2-4-11(5-3-10)20-14-16-8-17-19-14/h2-9,18H,1H3,(H,16,17,19). The Morgan fingerprint density at radius 2 is 2.05 bits per heavy atom. The van der Waals surface area contributed by atoms with Crippen LogP contribution in [0.3, 0.4) is 0 Å². The van der Waals surface area contributed by atoms with Gasteiger partial charge < -0.3 is 5.32 Å². The molecule has 0 aliphatic carbocycles. The van der Waals surface area contributed by atoms with Crippen LogP contribution in [0.4, 0.5) is 5.69 Å². The van der Waals surface area contributed by atoms with Crippen molar-refractivity contribution in [1.82, 2.24) is 15.2 Å². The number of benzene rings is 1. The summed E-state index contributed by atoms with van der Waals surface area (Å²) >= 11 is 9.12. The van der Waals surface area contributed by atoms with E-state index in [9.17, 15) is 0 Å². The molecule has 0 amide bonds. The maximum atomic E-state index is 5.97. The Morgan fingerprint density at radius 1 is 1.24 bits per heavy atom. The number of H-pyrrole nitrogens is 1. The molecule has 2 N–H and O–H groups in total. The Balaban J connectivity index is 1.64. The van der Waals surface area contributed by atoms with Crippen molar-refractivity contribution in [3.8, 4) is 0 Å². The Labute approximate surface area is 136 Å². The number of nitrogens with one attached hydrogen (secondary N) is 2. The average Bonchev–Trinajstić information content (AvgIpc) is 3.12. The third-order valence-corrected chi connectivity index (χ3v) is 5.18. The summed E-state index contributed by atoms with van der Waals surface area (Å²) in [7, 11) is 0. The first-order valence-corrected chi connectivity index (χ1v) is 8.37. The van der Waals surface area contributed by atoms with Crippen molar-refractivity contribution in [1.29, 1.82) is 0 Å². The van der Waals surface area contributed by atoms with Gasteiger partial charge in [0.05, 0.1) is 10.4 Å². The third kappa shape index (κ3) is 3.78. The third-order valence-electron chi connectivity index (χ3n) is 2.87. The second-order valence-electron chi connectivity index (χ2n) is 4.42. The van der Waals surface area contributed by atoms with E-state index in [-0.39, 0.29) is 6.04 Å². The van der Waals surface area contributed by atoms with E-state index in [1.54, 1.807) is 23.1 Å². The predicted octanol–water partition coefficient (Wildman–Crippen LogP) is 4.84. The van der Waals surface area contributed by atoms with Crippen molar-refractivity contribution in [3.05, 3.63) is 51.9 Å². The SMILES string of the molecule is CC(Nc1ccc(Sc2ncn[nH]2)cc1)c1ccc(Cl)s1. The van der Waals surface area contributed by atoms with E-state index in [1.165, 1.54) is 11.2 Å². The molecule has 4 nitrogen and oxygen atoms in total. The quantitative estimate of drug-likeness (QED) is 0.699. The van der Waals surface area contributed by atoms with Gasteiger partial charge in [-0.05, 0) is 43.3 Å². The van der Waals surface area contributed by atoms with Crippen LogP contribution >= 0.6 is 34.7 Å². The Hall–Kier alpha value is -1.50. The highest BCUT2D eigenvalue weighted by atomic mass is 35.5. The minimum Gasteiger partial charge on any atom is -0.378 e. The summed E-state index contributed by atoms with van der Waals surface area (Å²) in [5, 5.41) is 10.9. The summed E-state index contributed by atoms with van der Waals surface area (Å²) in [4.78, 5) is 6.43. The van der Waals surface area contributed by atoms with E-state index in [1.807, 2.05) is 6.07 Å². The van der Waals surface area contributed by atoms with Crippen molar-refractivity contribution >= 4 is 40.4 Å². The Kier molecular flexibility index (Phi) is 4.48. The number of aromatic amines is 1. The number of halogens is 1. The van der Waals surface area contributed by atoms with E-state index in [2.05, 4.69) is 57.8 Å². The van der Waals surface area contributed by atoms with Crippen LogP contribution in [0, 0.1) is 0 Å². The Bertz CT molecular complexity index is 694. The minimum atomic E-state index is 0.232. The first-order chi connectivity index (χ1) is 10.2. The molecule has 0 fully saturated rings. The summed E-state index contributed by atoms with van der Waals surface area (Å²) in [5.74, 6) is 0. The van der Waals surface area contributed by atoms with Gasteiger partial charge in [-0.1, -0.05) is 23.4 Å². The van der Waals surface area contributed by atoms with E-state index in [0.29, 0.717) is 0 Å². The zero-order valence-electron chi connectivity index (χ0n) is 11.2. The second kappa shape index (κ2) is 6.51. The first-order valence-electron chi connectivity index (χ1n) is 6.36. The van der Waals surface area contributed by atoms with Crippen molar-refractivity contribution in [2.24, 2.45) is 0 Å². The van der Waals surface area contributed by atoms with E-state index < -0.39 is 0 Å². The van der Waals surface area contributed by atoms with Crippen molar-refractivity contribution in [3.63, 3.8) is 0 Å². The Morgan fingerprint density at radius 3 is 2.67 bits per heavy atom. The lowest BCUT2D eigenvalue weighted by Crippen LogP contribution is -2.04. The summed E-state index contributed by atoms with van der Waals surface area (Å²) < 4.78 is 0.817. The molecule has 0 spiro atoms. The van der Waals surface area contributed by atoms with Crippen LogP contribution in [0.1, 0.15) is 17.8 Å². The number of hydrogen-bond donors (Lipinski definition) is 2. The van der Waals surface area contributed by atoms with Crippen LogP contribution in [-0.2, 0) is 0 Å². The molecule has 0 bridgehead atoms. The molecule has 0 saturated heterocycles. The van der Waals surface area contributed by atoms with Crippen LogP contribution < -0.4 is 5.32 Å². The lowest BCUT2D eigenvalue weighted by Gasteiger charge is -2.13. The maximum absolute atomic E-state index is 5.97. The topological polar surface area (TPSA) is 53.6 Å². The number of thiophene rings is 1. The van der Waals surface area contributed by atoms with Crippen molar-refractivity contribution in [2.75, 3.05) is 5.32 Å². The maximum Gasteiger partial charge on any atom is 0.188 e. The van der Waals surface area contributed by atoms with Crippen LogP contribution in [0.5, 0.6) is 0 Å². The molecule has 0 saturated carbocycles. The van der Waals surface area contributed by atoms with Crippen LogP contribution in [0.25, 0.3) is 0 Å². The van der Waals surface area contributed by atoms with Gasteiger partial charge in [-0.15, -0.1) is 11.3 Å². The molecule has 1 aromatic carbocycles. The molecule has 1 unspecified atom stereocenters. The lowest BCUT2D eigenvalue weighted by molar-refractivity contribution is 0.907. The van der Waals surface area contributed by atoms with Crippen molar-refractivity contribution in [2.45, 2.75) is 23.0 Å². The molecule has 0 aliphatic heterocycles. The summed E-state index contributed by atoms with van der Waals surface area (Å²) in [6.07, 6.45) is 1.51. The normalized spacial score (nSPS) is 12.3. The number of hydrogen-bond acceptors (Lipinski definition) is 5. The molecule has 0 radical (unpaired) electrons. The fraction of sp³-hybridized carbons (Fsp3) is 0.143. The fourth-order valence-corrected chi connectivity index (χ4v) is 3.61. The lowest BCUT2D eigenvalue weighted by atomic mass is 10.2. The molecule has 7 heteroatoms. The molecule has 21 heavy (non-hydrogen) atoms. The highest BCUT2D eigenvalue weighted by Gasteiger charge is 2.08. The number of nitrogens with zero attached hydrogens (tertiary/aromatic N) is 2. The van der Waals surface area contributed by atoms with Gasteiger partial charge in [0, 0.05) is 15.5 Å². The molecular weight excluding hydrogens is 324 g/mol. The van der Waals surface area contributed by atoms with Gasteiger partial charge in [-0.2, -0.15) is 5.10 Å². The van der Waals surface area contributed by atoms with Gasteiger partial charge >= 0.3 is 0 Å². The summed E-state index contributed by atoms with van der Waals surface area (Å²) in [6.45, 7) is 2.12. The van der Waals surface area contributed by atoms with E-state index >= 15 is 0 Å². The number of anilines is 1. The van der Waals surface area contributed by atoms with Crippen molar-refractivity contribution < 1.29 is 0 Å². The van der Waals surface area contributed by atoms with Gasteiger partial charge in [-0.25, -0.2) is 4.98 Å². The van der Waals surface area contributed by atoms with Gasteiger partial charge in [-0.3, -0.25) is 5.10 Å². The monoisotopic (exact) mass is 336 g/mol. The molecule has 108 valence electrons. The predicted molar refractivity (Wildman–Crippen MR) is 88.3 cm³/mol. The van der Waals surface area contributed by atoms with Gasteiger partial charge in [0.1, 0.15) is 6.33 Å². The molecule has 2 aromatic heterocycles. The summed E-state index contributed by atoms with van der Waals surface area (Å²) in [5.41, 5.74) is 1.08. The molecule has 0 aliphatic rings. The van der Waals surface area contributed by atoms with Gasteiger partial charge in [0.2, 0.25) is 0 Å². The molecule has 3 rings (SSSR count). The molecule has 2 heterocycles. The molecule has 3 aromatic rings.